The SMILES string of the molecule is c1ccc(N(c2ccc3c4ccccc4c4ccccc4c3c2)c2cccc3c2C2(c4ccccc4-c4ccccc42)c2ccccc2-3)c(-c2ccc3c(c2)oc2ccccc23)c1. The third kappa shape index (κ3) is 4.62. The zero-order valence-electron chi connectivity index (χ0n) is 34.2. The molecule has 1 aromatic heterocycles. The standard InChI is InChI=1S/C61H37NO/c1-2-19-43-41(17-1)42-18-3-4-20-44(42)52-37-39(33-35-45(43)52)62(56-29-13-8-16-40(56)38-32-34-50-49-24-9-14-31-58(49)63-59(50)36-38)57-30-15-25-51-48-23-7-12-28-55(48)61(60(51)57)53-26-10-5-21-46(53)47-22-6-11-27-54(47)61/h1-37H. The summed E-state index contributed by atoms with van der Waals surface area (Å²) in [6, 6.07) is 83.0. The van der Waals surface area contributed by atoms with Crippen molar-refractivity contribution in [3.63, 3.8) is 0 Å². The smallest absolute Gasteiger partial charge is 0.136 e. The van der Waals surface area contributed by atoms with E-state index in [0.29, 0.717) is 0 Å². The van der Waals surface area contributed by atoms with Crippen LogP contribution in [0.4, 0.5) is 17.1 Å². The van der Waals surface area contributed by atoms with Crippen LogP contribution < -0.4 is 4.90 Å². The van der Waals surface area contributed by atoms with Gasteiger partial charge in [-0.25, -0.2) is 0 Å². The molecule has 0 radical (unpaired) electrons. The molecule has 0 saturated heterocycles. The van der Waals surface area contributed by atoms with Crippen LogP contribution in [0.5, 0.6) is 0 Å². The molecule has 292 valence electrons. The van der Waals surface area contributed by atoms with Crippen molar-refractivity contribution in [3.8, 4) is 33.4 Å². The van der Waals surface area contributed by atoms with E-state index in [1.165, 1.54) is 76.8 Å². The van der Waals surface area contributed by atoms with E-state index in [1.807, 2.05) is 6.07 Å². The lowest BCUT2D eigenvalue weighted by Gasteiger charge is -2.36. The van der Waals surface area contributed by atoms with Crippen molar-refractivity contribution in [2.24, 2.45) is 0 Å². The molecular formula is C61H37NO. The van der Waals surface area contributed by atoms with Crippen LogP contribution in [0.2, 0.25) is 0 Å². The molecule has 0 N–H and O–H groups in total. The molecule has 2 heteroatoms. The second-order valence-corrected chi connectivity index (χ2v) is 17.1. The van der Waals surface area contributed by atoms with Gasteiger partial charge in [0.25, 0.3) is 0 Å². The summed E-state index contributed by atoms with van der Waals surface area (Å²) in [5.74, 6) is 0. The Hall–Kier alpha value is -8.20. The summed E-state index contributed by atoms with van der Waals surface area (Å²) in [7, 11) is 0. The van der Waals surface area contributed by atoms with Gasteiger partial charge in [0.1, 0.15) is 11.2 Å². The molecule has 1 spiro atoms. The molecule has 0 fully saturated rings. The number of furan rings is 1. The maximum atomic E-state index is 6.52. The minimum Gasteiger partial charge on any atom is -0.456 e. The van der Waals surface area contributed by atoms with Gasteiger partial charge in [-0.2, -0.15) is 0 Å². The highest BCUT2D eigenvalue weighted by atomic mass is 16.3. The van der Waals surface area contributed by atoms with E-state index in [1.54, 1.807) is 0 Å². The van der Waals surface area contributed by atoms with E-state index in [4.69, 9.17) is 4.42 Å². The fourth-order valence-electron chi connectivity index (χ4n) is 11.6. The van der Waals surface area contributed by atoms with E-state index >= 15 is 0 Å². The molecule has 63 heavy (non-hydrogen) atoms. The topological polar surface area (TPSA) is 16.4 Å². The second kappa shape index (κ2) is 12.9. The third-order valence-corrected chi connectivity index (χ3v) is 14.1. The molecule has 2 aliphatic rings. The van der Waals surface area contributed by atoms with Gasteiger partial charge in [-0.1, -0.05) is 182 Å². The molecule has 0 saturated carbocycles. The van der Waals surface area contributed by atoms with Gasteiger partial charge >= 0.3 is 0 Å². The lowest BCUT2D eigenvalue weighted by atomic mass is 9.70. The van der Waals surface area contributed by atoms with Crippen molar-refractivity contribution in [3.05, 3.63) is 247 Å². The van der Waals surface area contributed by atoms with E-state index in [0.717, 1.165) is 50.1 Å². The molecule has 0 amide bonds. The molecule has 0 unspecified atom stereocenters. The minimum absolute atomic E-state index is 0.546. The number of anilines is 3. The van der Waals surface area contributed by atoms with Crippen LogP contribution >= 0.6 is 0 Å². The second-order valence-electron chi connectivity index (χ2n) is 17.1. The summed E-state index contributed by atoms with van der Waals surface area (Å²) < 4.78 is 6.52. The van der Waals surface area contributed by atoms with Crippen LogP contribution in [-0.2, 0) is 5.41 Å². The summed E-state index contributed by atoms with van der Waals surface area (Å²) in [6.45, 7) is 0. The lowest BCUT2D eigenvalue weighted by Crippen LogP contribution is -2.28. The zero-order valence-corrected chi connectivity index (χ0v) is 34.2. The van der Waals surface area contributed by atoms with Crippen LogP contribution in [0.1, 0.15) is 22.3 Å². The summed E-state index contributed by atoms with van der Waals surface area (Å²) in [5, 5.41) is 9.78. The van der Waals surface area contributed by atoms with Crippen molar-refractivity contribution in [1.82, 2.24) is 0 Å². The number of nitrogens with zero attached hydrogens (tertiary/aromatic N) is 1. The Kier molecular flexibility index (Phi) is 7.07. The van der Waals surface area contributed by atoms with Crippen LogP contribution in [0.3, 0.4) is 0 Å². The third-order valence-electron chi connectivity index (χ3n) is 14.1. The summed E-state index contributed by atoms with van der Waals surface area (Å²) in [5.41, 5.74) is 17.2. The van der Waals surface area contributed by atoms with Crippen molar-refractivity contribution >= 4 is 71.3 Å². The van der Waals surface area contributed by atoms with Crippen LogP contribution in [0, 0.1) is 0 Å². The molecule has 2 aliphatic carbocycles. The largest absolute Gasteiger partial charge is 0.456 e. The molecule has 2 nitrogen and oxygen atoms in total. The molecule has 0 atom stereocenters. The van der Waals surface area contributed by atoms with Gasteiger partial charge < -0.3 is 9.32 Å². The Morgan fingerprint density at radius 1 is 0.302 bits per heavy atom. The quantitative estimate of drug-likeness (QED) is 0.165. The summed E-state index contributed by atoms with van der Waals surface area (Å²) in [4.78, 5) is 2.55. The van der Waals surface area contributed by atoms with Gasteiger partial charge in [-0.15, -0.1) is 0 Å². The Morgan fingerprint density at radius 2 is 0.762 bits per heavy atom. The van der Waals surface area contributed by atoms with Crippen molar-refractivity contribution in [2.75, 3.05) is 4.90 Å². The van der Waals surface area contributed by atoms with Crippen molar-refractivity contribution < 1.29 is 4.42 Å². The maximum Gasteiger partial charge on any atom is 0.136 e. The van der Waals surface area contributed by atoms with Crippen molar-refractivity contribution in [1.29, 1.82) is 0 Å². The molecule has 14 rings (SSSR count). The maximum absolute atomic E-state index is 6.52. The molecular weight excluding hydrogens is 763 g/mol. The number of hydrogen-bond donors (Lipinski definition) is 0. The molecule has 0 aliphatic heterocycles. The van der Waals surface area contributed by atoms with Gasteiger partial charge in [0.2, 0.25) is 0 Å². The van der Waals surface area contributed by atoms with Gasteiger partial charge in [-0.05, 0) is 119 Å². The molecule has 0 bridgehead atoms. The van der Waals surface area contributed by atoms with E-state index in [9.17, 15) is 0 Å². The van der Waals surface area contributed by atoms with E-state index < -0.39 is 5.41 Å². The number of fused-ring (bicyclic) bond motifs is 19. The normalized spacial score (nSPS) is 13.2. The van der Waals surface area contributed by atoms with Crippen LogP contribution in [0.15, 0.2) is 229 Å². The zero-order chi connectivity index (χ0) is 41.2. The predicted octanol–water partition coefficient (Wildman–Crippen LogP) is 16.5. The molecule has 11 aromatic carbocycles. The summed E-state index contributed by atoms with van der Waals surface area (Å²) >= 11 is 0. The Bertz CT molecular complexity index is 3790. The monoisotopic (exact) mass is 799 g/mol. The van der Waals surface area contributed by atoms with Crippen LogP contribution in [0.25, 0.3) is 87.6 Å². The highest BCUT2D eigenvalue weighted by Gasteiger charge is 2.53. The molecule has 12 aromatic rings. The average Bonchev–Trinajstić information content (AvgIpc) is 3.98. The van der Waals surface area contributed by atoms with Gasteiger partial charge in [0, 0.05) is 27.6 Å². The first-order chi connectivity index (χ1) is 31.3. The van der Waals surface area contributed by atoms with Gasteiger partial charge in [0.15, 0.2) is 0 Å². The fraction of sp³-hybridized carbons (Fsp3) is 0.0164. The van der Waals surface area contributed by atoms with E-state index in [2.05, 4.69) is 223 Å². The number of rotatable bonds is 4. The number of para-hydroxylation sites is 2. The Morgan fingerprint density at radius 3 is 1.43 bits per heavy atom. The minimum atomic E-state index is -0.546. The van der Waals surface area contributed by atoms with Crippen molar-refractivity contribution in [2.45, 2.75) is 5.41 Å². The lowest BCUT2D eigenvalue weighted by molar-refractivity contribution is 0.669. The molecule has 1 heterocycles. The van der Waals surface area contributed by atoms with Gasteiger partial charge in [-0.3, -0.25) is 0 Å². The highest BCUT2D eigenvalue weighted by Crippen LogP contribution is 2.65. The summed E-state index contributed by atoms with van der Waals surface area (Å²) in [6.07, 6.45) is 0. The first-order valence-corrected chi connectivity index (χ1v) is 21.8. The fourth-order valence-corrected chi connectivity index (χ4v) is 11.6. The van der Waals surface area contributed by atoms with Gasteiger partial charge in [0.05, 0.1) is 16.8 Å². The van der Waals surface area contributed by atoms with E-state index in [-0.39, 0.29) is 0 Å². The highest BCUT2D eigenvalue weighted by molar-refractivity contribution is 6.26. The Balaban J connectivity index is 1.11. The Labute approximate surface area is 364 Å². The number of benzene rings is 11. The average molecular weight is 800 g/mol. The first kappa shape index (κ1) is 34.5. The number of hydrogen-bond acceptors (Lipinski definition) is 2. The predicted molar refractivity (Wildman–Crippen MR) is 263 cm³/mol. The van der Waals surface area contributed by atoms with Crippen LogP contribution in [-0.4, -0.2) is 0 Å². The first-order valence-electron chi connectivity index (χ1n) is 21.8.